The molecule has 1 aliphatic rings. The fourth-order valence-corrected chi connectivity index (χ4v) is 5.37. The lowest BCUT2D eigenvalue weighted by atomic mass is 9.97. The van der Waals surface area contributed by atoms with E-state index in [1.807, 2.05) is 56.3 Å². The van der Waals surface area contributed by atoms with Crippen LogP contribution in [0.4, 0.5) is 0 Å². The van der Waals surface area contributed by atoms with Gasteiger partial charge in [-0.2, -0.15) is 0 Å². The fourth-order valence-electron chi connectivity index (χ4n) is 5.37. The van der Waals surface area contributed by atoms with Crippen LogP contribution in [-0.4, -0.2) is 42.2 Å². The molecule has 0 aliphatic carbocycles. The normalized spacial score (nSPS) is 13.2. The zero-order valence-corrected chi connectivity index (χ0v) is 23.3. The first kappa shape index (κ1) is 26.5. The van der Waals surface area contributed by atoms with Crippen molar-refractivity contribution in [3.05, 3.63) is 106 Å². The molecule has 0 amide bonds. The zero-order valence-electron chi connectivity index (χ0n) is 23.3. The van der Waals surface area contributed by atoms with Gasteiger partial charge in [0.15, 0.2) is 5.82 Å². The van der Waals surface area contributed by atoms with Crippen molar-refractivity contribution < 1.29 is 19.2 Å². The van der Waals surface area contributed by atoms with Crippen molar-refractivity contribution in [1.29, 1.82) is 0 Å². The third-order valence-electron chi connectivity index (χ3n) is 7.48. The molecule has 0 unspecified atom stereocenters. The molecule has 3 aromatic heterocycles. The molecular weight excluding hydrogens is 518 g/mol. The largest absolute Gasteiger partial charge is 0.488 e. The second-order valence-corrected chi connectivity index (χ2v) is 10.5. The van der Waals surface area contributed by atoms with Crippen LogP contribution < -0.4 is 4.74 Å². The van der Waals surface area contributed by atoms with Crippen molar-refractivity contribution >= 4 is 5.97 Å². The van der Waals surface area contributed by atoms with E-state index in [1.54, 1.807) is 7.05 Å². The number of hydrogen-bond acceptors (Lipinski definition) is 7. The van der Waals surface area contributed by atoms with Gasteiger partial charge < -0.3 is 18.9 Å². The van der Waals surface area contributed by atoms with E-state index in [0.717, 1.165) is 65.6 Å². The molecule has 9 nitrogen and oxygen atoms in total. The fraction of sp³-hybridized carbons (Fsp3) is 0.250. The van der Waals surface area contributed by atoms with E-state index in [-0.39, 0.29) is 5.69 Å². The van der Waals surface area contributed by atoms with E-state index in [2.05, 4.69) is 33.2 Å². The number of aromatic carboxylic acids is 1. The Kier molecular flexibility index (Phi) is 7.11. The molecule has 1 aliphatic heterocycles. The quantitative estimate of drug-likeness (QED) is 0.267. The van der Waals surface area contributed by atoms with Crippen molar-refractivity contribution in [3.8, 4) is 28.5 Å². The van der Waals surface area contributed by atoms with Crippen LogP contribution in [0.15, 0.2) is 71.4 Å². The first-order chi connectivity index (χ1) is 19.9. The van der Waals surface area contributed by atoms with Gasteiger partial charge in [-0.1, -0.05) is 41.6 Å². The van der Waals surface area contributed by atoms with Gasteiger partial charge in [-0.25, -0.2) is 14.8 Å². The summed E-state index contributed by atoms with van der Waals surface area (Å²) in [7, 11) is 1.68. The minimum absolute atomic E-state index is 0.106. The lowest BCUT2D eigenvalue weighted by Crippen LogP contribution is -2.30. The molecule has 9 heteroatoms. The SMILES string of the molecule is Cc1cc(CN2CCc3cc(COc4c(C)cccc4-c4cccc(-c5ncc(C(=O)O)n5C)n4)ccc3C2)no1. The summed E-state index contributed by atoms with van der Waals surface area (Å²) >= 11 is 0. The van der Waals surface area contributed by atoms with Crippen molar-refractivity contribution in [2.24, 2.45) is 7.05 Å². The Labute approximate surface area is 238 Å². The lowest BCUT2D eigenvalue weighted by Gasteiger charge is -2.28. The van der Waals surface area contributed by atoms with Gasteiger partial charge in [-0.05, 0) is 60.7 Å². The van der Waals surface area contributed by atoms with Crippen LogP contribution in [0, 0.1) is 13.8 Å². The van der Waals surface area contributed by atoms with E-state index >= 15 is 0 Å². The minimum Gasteiger partial charge on any atom is -0.488 e. The average molecular weight is 550 g/mol. The third kappa shape index (κ3) is 5.49. The lowest BCUT2D eigenvalue weighted by molar-refractivity contribution is 0.0686. The Morgan fingerprint density at radius 3 is 2.66 bits per heavy atom. The minimum atomic E-state index is -1.03. The molecule has 6 rings (SSSR count). The van der Waals surface area contributed by atoms with Crippen LogP contribution >= 0.6 is 0 Å². The number of rotatable bonds is 8. The number of ether oxygens (including phenoxy) is 1. The summed E-state index contributed by atoms with van der Waals surface area (Å²) < 4.78 is 13.2. The highest BCUT2D eigenvalue weighted by Crippen LogP contribution is 2.34. The number of hydrogen-bond donors (Lipinski definition) is 1. The van der Waals surface area contributed by atoms with E-state index in [0.29, 0.717) is 18.1 Å². The Bertz CT molecular complexity index is 1740. The second-order valence-electron chi connectivity index (χ2n) is 10.5. The predicted molar refractivity (Wildman–Crippen MR) is 153 cm³/mol. The first-order valence-electron chi connectivity index (χ1n) is 13.6. The van der Waals surface area contributed by atoms with Gasteiger partial charge in [-0.15, -0.1) is 0 Å². The molecule has 0 bridgehead atoms. The smallest absolute Gasteiger partial charge is 0.354 e. The summed E-state index contributed by atoms with van der Waals surface area (Å²) in [6, 6.07) is 20.3. The third-order valence-corrected chi connectivity index (χ3v) is 7.48. The Hall–Kier alpha value is -4.76. The Morgan fingerprint density at radius 2 is 1.88 bits per heavy atom. The van der Waals surface area contributed by atoms with E-state index in [1.165, 1.54) is 21.9 Å². The molecule has 0 spiro atoms. The van der Waals surface area contributed by atoms with Gasteiger partial charge in [0, 0.05) is 38.3 Å². The molecule has 208 valence electrons. The molecule has 41 heavy (non-hydrogen) atoms. The van der Waals surface area contributed by atoms with Gasteiger partial charge in [0.1, 0.15) is 29.5 Å². The maximum Gasteiger partial charge on any atom is 0.354 e. The van der Waals surface area contributed by atoms with Crippen LogP contribution in [0.25, 0.3) is 22.8 Å². The van der Waals surface area contributed by atoms with Gasteiger partial charge >= 0.3 is 5.97 Å². The summed E-state index contributed by atoms with van der Waals surface area (Å²) in [5.74, 6) is 1.07. The molecule has 4 heterocycles. The highest BCUT2D eigenvalue weighted by atomic mass is 16.5. The molecular formula is C32H31N5O4. The maximum atomic E-state index is 11.5. The van der Waals surface area contributed by atoms with Crippen molar-refractivity contribution in [2.45, 2.75) is 40.0 Å². The number of para-hydroxylation sites is 1. The summed E-state index contributed by atoms with van der Waals surface area (Å²) in [5.41, 5.74) is 8.08. The number of fused-ring (bicyclic) bond motifs is 1. The van der Waals surface area contributed by atoms with E-state index in [9.17, 15) is 9.90 Å². The summed E-state index contributed by atoms with van der Waals surface area (Å²) in [6.45, 7) is 7.02. The number of imidazole rings is 1. The Balaban J connectivity index is 1.19. The number of carbonyl (C=O) groups is 1. The average Bonchev–Trinajstić information content (AvgIpc) is 3.56. The molecule has 1 N–H and O–H groups in total. The number of aryl methyl sites for hydroxylation is 2. The van der Waals surface area contributed by atoms with Crippen molar-refractivity contribution in [3.63, 3.8) is 0 Å². The number of nitrogens with zero attached hydrogens (tertiary/aromatic N) is 5. The van der Waals surface area contributed by atoms with Gasteiger partial charge in [0.05, 0.1) is 17.6 Å². The van der Waals surface area contributed by atoms with Gasteiger partial charge in [0.25, 0.3) is 0 Å². The monoisotopic (exact) mass is 549 g/mol. The molecule has 0 fully saturated rings. The predicted octanol–water partition coefficient (Wildman–Crippen LogP) is 5.59. The van der Waals surface area contributed by atoms with Crippen LogP contribution in [-0.2, 0) is 33.2 Å². The van der Waals surface area contributed by atoms with Gasteiger partial charge in [-0.3, -0.25) is 4.90 Å². The molecule has 0 radical (unpaired) electrons. The summed E-state index contributed by atoms with van der Waals surface area (Å²) in [5, 5.41) is 13.5. The van der Waals surface area contributed by atoms with E-state index < -0.39 is 5.97 Å². The van der Waals surface area contributed by atoms with Gasteiger partial charge in [0.2, 0.25) is 0 Å². The zero-order chi connectivity index (χ0) is 28.5. The summed E-state index contributed by atoms with van der Waals surface area (Å²) in [4.78, 5) is 23.0. The highest BCUT2D eigenvalue weighted by Gasteiger charge is 2.19. The molecule has 2 aromatic carbocycles. The van der Waals surface area contributed by atoms with Crippen LogP contribution in [0.2, 0.25) is 0 Å². The number of pyridine rings is 1. The van der Waals surface area contributed by atoms with Crippen molar-refractivity contribution in [2.75, 3.05) is 6.54 Å². The standard InChI is InChI=1S/C32H31N5O4/c1-20-6-4-7-26(27-8-5-9-28(34-27)31-33-16-29(32(38)39)36(31)3)30(20)40-19-22-10-11-24-17-37(13-12-23(24)15-22)18-25-14-21(2)41-35-25/h4-11,14-16H,12-13,17-19H2,1-3H3,(H,38,39). The number of carboxylic acid groups (broad SMARTS) is 1. The van der Waals surface area contributed by atoms with Crippen LogP contribution in [0.3, 0.4) is 0 Å². The van der Waals surface area contributed by atoms with E-state index in [4.69, 9.17) is 14.2 Å². The number of aromatic nitrogens is 4. The van der Waals surface area contributed by atoms with Crippen LogP contribution in [0.1, 0.15) is 44.2 Å². The first-order valence-corrected chi connectivity index (χ1v) is 13.6. The van der Waals surface area contributed by atoms with Crippen molar-refractivity contribution in [1.82, 2.24) is 24.6 Å². The number of carboxylic acids is 1. The highest BCUT2D eigenvalue weighted by molar-refractivity contribution is 5.86. The molecule has 0 atom stereocenters. The second kappa shape index (κ2) is 11.0. The van der Waals surface area contributed by atoms with Crippen LogP contribution in [0.5, 0.6) is 5.75 Å². The molecule has 0 saturated heterocycles. The summed E-state index contributed by atoms with van der Waals surface area (Å²) in [6.07, 6.45) is 2.32. The molecule has 0 saturated carbocycles. The number of benzene rings is 2. The topological polar surface area (TPSA) is 107 Å². The Morgan fingerprint density at radius 1 is 1.05 bits per heavy atom. The molecule has 5 aromatic rings. The maximum absolute atomic E-state index is 11.5.